The highest BCUT2D eigenvalue weighted by molar-refractivity contribution is 7.89. The number of sulfonamides is 1. The highest BCUT2D eigenvalue weighted by Gasteiger charge is 2.22. The Morgan fingerprint density at radius 1 is 1.03 bits per heavy atom. The average Bonchev–Trinajstić information content (AvgIpc) is 2.77. The number of ether oxygens (including phenoxy) is 1. The van der Waals surface area contributed by atoms with Gasteiger partial charge in [0.1, 0.15) is 12.4 Å². The molecule has 2 amide bonds. The van der Waals surface area contributed by atoms with Crippen molar-refractivity contribution in [1.82, 2.24) is 9.62 Å². The first-order chi connectivity index (χ1) is 15.2. The van der Waals surface area contributed by atoms with E-state index in [2.05, 4.69) is 10.6 Å². The Morgan fingerprint density at radius 3 is 2.38 bits per heavy atom. The molecule has 172 valence electrons. The van der Waals surface area contributed by atoms with E-state index in [-0.39, 0.29) is 16.1 Å². The van der Waals surface area contributed by atoms with Crippen molar-refractivity contribution >= 4 is 33.5 Å². The zero-order valence-electron chi connectivity index (χ0n) is 17.6. The van der Waals surface area contributed by atoms with Crippen LogP contribution in [0, 0.1) is 5.82 Å². The van der Waals surface area contributed by atoms with Gasteiger partial charge in [-0.1, -0.05) is 32.0 Å². The summed E-state index contributed by atoms with van der Waals surface area (Å²) in [5.74, 6) is -3.13. The van der Waals surface area contributed by atoms with Gasteiger partial charge in [-0.25, -0.2) is 12.8 Å². The molecule has 0 heterocycles. The number of hydrogen-bond acceptors (Lipinski definition) is 6. The fraction of sp³-hybridized carbons (Fsp3) is 0.286. The number of anilines is 1. The monoisotopic (exact) mass is 465 g/mol. The Hall–Kier alpha value is -3.31. The first-order valence-corrected chi connectivity index (χ1v) is 11.2. The lowest BCUT2D eigenvalue weighted by atomic mass is 10.2. The van der Waals surface area contributed by atoms with E-state index in [1.807, 2.05) is 0 Å². The minimum absolute atomic E-state index is 0.0202. The van der Waals surface area contributed by atoms with Gasteiger partial charge in [-0.15, -0.1) is 0 Å². The van der Waals surface area contributed by atoms with Gasteiger partial charge in [0.2, 0.25) is 10.0 Å². The number of nitrogens with one attached hydrogen (secondary N) is 2. The van der Waals surface area contributed by atoms with Gasteiger partial charge in [0.05, 0.1) is 10.5 Å². The summed E-state index contributed by atoms with van der Waals surface area (Å²) in [6, 6.07) is 11.0. The second-order valence-electron chi connectivity index (χ2n) is 6.49. The van der Waals surface area contributed by atoms with Crippen LogP contribution in [-0.4, -0.2) is 56.7 Å². The SMILES string of the molecule is CCN(CC)S(=O)(=O)c1cccc(NC(=O)COC(=O)CNC(=O)c2ccccc2F)c1. The van der Waals surface area contributed by atoms with Gasteiger partial charge in [0, 0.05) is 18.8 Å². The zero-order chi connectivity index (χ0) is 23.7. The Morgan fingerprint density at radius 2 is 1.72 bits per heavy atom. The molecule has 0 spiro atoms. The maximum Gasteiger partial charge on any atom is 0.325 e. The fourth-order valence-corrected chi connectivity index (χ4v) is 4.24. The Kier molecular flexibility index (Phi) is 8.85. The smallest absolute Gasteiger partial charge is 0.325 e. The summed E-state index contributed by atoms with van der Waals surface area (Å²) in [6.07, 6.45) is 0. The maximum atomic E-state index is 13.5. The Bertz CT molecular complexity index is 1090. The third-order valence-electron chi connectivity index (χ3n) is 4.34. The van der Waals surface area contributed by atoms with Crippen LogP contribution < -0.4 is 10.6 Å². The molecule has 0 unspecified atom stereocenters. The minimum atomic E-state index is -3.70. The second-order valence-corrected chi connectivity index (χ2v) is 8.43. The Labute approximate surface area is 185 Å². The van der Waals surface area contributed by atoms with Crippen LogP contribution in [0.4, 0.5) is 10.1 Å². The molecule has 0 radical (unpaired) electrons. The van der Waals surface area contributed by atoms with Crippen molar-refractivity contribution in [2.24, 2.45) is 0 Å². The lowest BCUT2D eigenvalue weighted by molar-refractivity contribution is -0.146. The van der Waals surface area contributed by atoms with Crippen molar-refractivity contribution in [3.8, 4) is 0 Å². The highest BCUT2D eigenvalue weighted by Crippen LogP contribution is 2.19. The first kappa shape index (κ1) is 25.0. The maximum absolute atomic E-state index is 13.5. The van der Waals surface area contributed by atoms with Crippen molar-refractivity contribution < 1.29 is 31.9 Å². The first-order valence-electron chi connectivity index (χ1n) is 9.77. The average molecular weight is 466 g/mol. The molecule has 0 atom stereocenters. The van der Waals surface area contributed by atoms with E-state index in [0.29, 0.717) is 13.1 Å². The normalized spacial score (nSPS) is 11.1. The molecule has 2 N–H and O–H groups in total. The number of nitrogens with zero attached hydrogens (tertiary/aromatic N) is 1. The summed E-state index contributed by atoms with van der Waals surface area (Å²) < 4.78 is 44.8. The van der Waals surface area contributed by atoms with Crippen LogP contribution in [0.15, 0.2) is 53.4 Å². The summed E-state index contributed by atoms with van der Waals surface area (Å²) in [5, 5.41) is 4.65. The van der Waals surface area contributed by atoms with Gasteiger partial charge in [0.15, 0.2) is 6.61 Å². The molecule has 0 aliphatic carbocycles. The molecule has 11 heteroatoms. The molecule has 0 saturated carbocycles. The van der Waals surface area contributed by atoms with Crippen LogP contribution in [0.25, 0.3) is 0 Å². The van der Waals surface area contributed by atoms with E-state index >= 15 is 0 Å². The third kappa shape index (κ3) is 6.59. The largest absolute Gasteiger partial charge is 0.454 e. The second kappa shape index (κ2) is 11.3. The summed E-state index contributed by atoms with van der Waals surface area (Å²) >= 11 is 0. The molecule has 2 aromatic rings. The number of benzene rings is 2. The van der Waals surface area contributed by atoms with Gasteiger partial charge in [-0.3, -0.25) is 14.4 Å². The lowest BCUT2D eigenvalue weighted by Crippen LogP contribution is -2.32. The minimum Gasteiger partial charge on any atom is -0.454 e. The molecule has 9 nitrogen and oxygen atoms in total. The number of esters is 1. The molecular weight excluding hydrogens is 441 g/mol. The third-order valence-corrected chi connectivity index (χ3v) is 6.38. The van der Waals surface area contributed by atoms with Crippen molar-refractivity contribution in [3.05, 3.63) is 59.9 Å². The number of amides is 2. The number of halogens is 1. The van der Waals surface area contributed by atoms with Crippen LogP contribution in [0.5, 0.6) is 0 Å². The van der Waals surface area contributed by atoms with Crippen molar-refractivity contribution in [2.75, 3.05) is 31.6 Å². The Balaban J connectivity index is 1.87. The zero-order valence-corrected chi connectivity index (χ0v) is 18.4. The van der Waals surface area contributed by atoms with Gasteiger partial charge in [-0.05, 0) is 30.3 Å². The fourth-order valence-electron chi connectivity index (χ4n) is 2.73. The van der Waals surface area contributed by atoms with Crippen LogP contribution in [0.2, 0.25) is 0 Å². The molecule has 2 rings (SSSR count). The van der Waals surface area contributed by atoms with Crippen LogP contribution >= 0.6 is 0 Å². The van der Waals surface area contributed by atoms with Gasteiger partial charge >= 0.3 is 5.97 Å². The van der Waals surface area contributed by atoms with Crippen LogP contribution in [0.3, 0.4) is 0 Å². The van der Waals surface area contributed by atoms with E-state index < -0.39 is 46.8 Å². The van der Waals surface area contributed by atoms with E-state index in [1.54, 1.807) is 13.8 Å². The standard InChI is InChI=1S/C21H24FN3O6S/c1-3-25(4-2)32(29,30)16-9-7-8-15(12-16)24-19(26)14-31-20(27)13-23-21(28)17-10-5-6-11-18(17)22/h5-12H,3-4,13-14H2,1-2H3,(H,23,28)(H,24,26). The van der Waals surface area contributed by atoms with Gasteiger partial charge in [-0.2, -0.15) is 4.31 Å². The molecule has 0 aromatic heterocycles. The topological polar surface area (TPSA) is 122 Å². The lowest BCUT2D eigenvalue weighted by Gasteiger charge is -2.18. The van der Waals surface area contributed by atoms with E-state index in [9.17, 15) is 27.2 Å². The molecule has 0 aliphatic rings. The number of rotatable bonds is 10. The number of carbonyl (C=O) groups excluding carboxylic acids is 3. The predicted octanol–water partition coefficient (Wildman–Crippen LogP) is 1.77. The quantitative estimate of drug-likeness (QED) is 0.516. The highest BCUT2D eigenvalue weighted by atomic mass is 32.2. The summed E-state index contributed by atoms with van der Waals surface area (Å²) in [6.45, 7) is 2.84. The van der Waals surface area contributed by atoms with Crippen LogP contribution in [0.1, 0.15) is 24.2 Å². The molecule has 0 aliphatic heterocycles. The predicted molar refractivity (Wildman–Crippen MR) is 115 cm³/mol. The van der Waals surface area contributed by atoms with Crippen molar-refractivity contribution in [1.29, 1.82) is 0 Å². The van der Waals surface area contributed by atoms with Crippen LogP contribution in [-0.2, 0) is 24.3 Å². The molecule has 0 saturated heterocycles. The van der Waals surface area contributed by atoms with E-state index in [4.69, 9.17) is 4.74 Å². The summed E-state index contributed by atoms with van der Waals surface area (Å²) in [7, 11) is -3.70. The molecular formula is C21H24FN3O6S. The molecule has 0 fully saturated rings. The van der Waals surface area contributed by atoms with Gasteiger partial charge < -0.3 is 15.4 Å². The molecule has 32 heavy (non-hydrogen) atoms. The van der Waals surface area contributed by atoms with Crippen molar-refractivity contribution in [3.63, 3.8) is 0 Å². The number of carbonyl (C=O) groups is 3. The molecule has 2 aromatic carbocycles. The number of hydrogen-bond donors (Lipinski definition) is 2. The van der Waals surface area contributed by atoms with E-state index in [0.717, 1.165) is 6.07 Å². The van der Waals surface area contributed by atoms with Gasteiger partial charge in [0.25, 0.3) is 11.8 Å². The summed E-state index contributed by atoms with van der Waals surface area (Å²) in [5.41, 5.74) is -0.00951. The molecule has 0 bridgehead atoms. The van der Waals surface area contributed by atoms with Crippen molar-refractivity contribution in [2.45, 2.75) is 18.7 Å². The summed E-state index contributed by atoms with van der Waals surface area (Å²) in [4.78, 5) is 35.7. The van der Waals surface area contributed by atoms with E-state index in [1.165, 1.54) is 46.8 Å².